The van der Waals surface area contributed by atoms with Gasteiger partial charge in [0.25, 0.3) is 0 Å². The minimum absolute atomic E-state index is 0.0530. The number of nitrogens with one attached hydrogen (secondary N) is 2. The van der Waals surface area contributed by atoms with Crippen molar-refractivity contribution >= 4 is 40.9 Å². The topological polar surface area (TPSA) is 110 Å². The van der Waals surface area contributed by atoms with Gasteiger partial charge in [-0.3, -0.25) is 15.1 Å². The van der Waals surface area contributed by atoms with Gasteiger partial charge in [-0.25, -0.2) is 18.4 Å². The van der Waals surface area contributed by atoms with Crippen LogP contribution in [0, 0.1) is 11.6 Å². The number of nitrogens with zero attached hydrogens (tertiary/aromatic N) is 2. The van der Waals surface area contributed by atoms with Gasteiger partial charge in [0, 0.05) is 24.0 Å². The summed E-state index contributed by atoms with van der Waals surface area (Å²) in [6.45, 7) is 2.29. The van der Waals surface area contributed by atoms with Crippen LogP contribution in [0.1, 0.15) is 62.6 Å². The Morgan fingerprint density at radius 2 is 1.91 bits per heavy atom. The molecule has 1 aromatic heterocycles. The van der Waals surface area contributed by atoms with Gasteiger partial charge in [-0.2, -0.15) is 0 Å². The zero-order chi connectivity index (χ0) is 31.7. The minimum atomic E-state index is -1.41. The second kappa shape index (κ2) is 12.6. The molecule has 3 aliphatic rings. The molecule has 1 fully saturated rings. The normalized spacial score (nSPS) is 22.8. The van der Waals surface area contributed by atoms with Gasteiger partial charge in [0.15, 0.2) is 11.4 Å². The van der Waals surface area contributed by atoms with Crippen molar-refractivity contribution in [1.82, 2.24) is 9.88 Å². The molecule has 1 saturated heterocycles. The number of rotatable bonds is 3. The van der Waals surface area contributed by atoms with E-state index in [1.54, 1.807) is 36.2 Å². The van der Waals surface area contributed by atoms with Gasteiger partial charge in [0.1, 0.15) is 11.9 Å². The number of fused-ring (bicyclic) bond motifs is 6. The average molecular weight is 639 g/mol. The van der Waals surface area contributed by atoms with Gasteiger partial charge in [-0.15, -0.1) is 0 Å². The van der Waals surface area contributed by atoms with E-state index in [1.807, 2.05) is 0 Å². The number of carbonyl (C=O) groups excluding carboxylic acids is 3. The minimum Gasteiger partial charge on any atom is -0.464 e. The van der Waals surface area contributed by atoms with Crippen molar-refractivity contribution in [2.45, 2.75) is 63.0 Å². The maximum Gasteiger partial charge on any atom is 0.412 e. The standard InChI is InChI=1S/C33H33ClF2N4O5/c1-2-44-31(42)26-7-4-3-6-21(27-16-19(12-14-37-27)22-17-20(35)8-10-24(22)38-26)30(41)40-15-5-13-33(18-40)28-25(39-32(43)45-33)11-9-23(34)29(28)36/h8-12,14,16-17,21,26,38H,2-7,13,15,18H2,1H3,(H,39,43)/t21?,26?,33-/m0/s1. The van der Waals surface area contributed by atoms with Gasteiger partial charge in [0.05, 0.1) is 41.0 Å². The molecule has 1 spiro atoms. The number of pyridine rings is 1. The first kappa shape index (κ1) is 30.8. The maximum absolute atomic E-state index is 15.5. The van der Waals surface area contributed by atoms with Crippen LogP contribution in [0.25, 0.3) is 11.1 Å². The third kappa shape index (κ3) is 6.05. The van der Waals surface area contributed by atoms with Crippen LogP contribution in [-0.2, 0) is 24.7 Å². The summed E-state index contributed by atoms with van der Waals surface area (Å²) in [6, 6.07) is 10.0. The Bertz CT molecular complexity index is 1660. The lowest BCUT2D eigenvalue weighted by Crippen LogP contribution is -2.54. The summed E-state index contributed by atoms with van der Waals surface area (Å²) in [6.07, 6.45) is 3.68. The number of anilines is 2. The van der Waals surface area contributed by atoms with E-state index >= 15 is 4.39 Å². The zero-order valence-corrected chi connectivity index (χ0v) is 25.5. The predicted octanol–water partition coefficient (Wildman–Crippen LogP) is 6.76. The lowest BCUT2D eigenvalue weighted by Gasteiger charge is -2.45. The van der Waals surface area contributed by atoms with Crippen molar-refractivity contribution < 1.29 is 32.6 Å². The number of halogens is 3. The van der Waals surface area contributed by atoms with Crippen LogP contribution in [0.5, 0.6) is 0 Å². The summed E-state index contributed by atoms with van der Waals surface area (Å²) in [7, 11) is 0. The smallest absolute Gasteiger partial charge is 0.412 e. The fourth-order valence-corrected chi connectivity index (χ4v) is 6.80. The maximum atomic E-state index is 15.5. The summed E-state index contributed by atoms with van der Waals surface area (Å²) in [5.74, 6) is -2.49. The van der Waals surface area contributed by atoms with Crippen molar-refractivity contribution in [2.24, 2.45) is 0 Å². The van der Waals surface area contributed by atoms with E-state index in [4.69, 9.17) is 21.1 Å². The molecule has 0 saturated carbocycles. The summed E-state index contributed by atoms with van der Waals surface area (Å²) < 4.78 is 41.1. The number of piperidine rings is 1. The first-order chi connectivity index (χ1) is 21.7. The molecule has 3 atom stereocenters. The largest absolute Gasteiger partial charge is 0.464 e. The van der Waals surface area contributed by atoms with E-state index in [9.17, 15) is 18.8 Å². The fourth-order valence-electron chi connectivity index (χ4n) is 6.64. The molecule has 2 bridgehead atoms. The summed E-state index contributed by atoms with van der Waals surface area (Å²) in [5.41, 5.74) is 1.18. The Balaban J connectivity index is 1.36. The van der Waals surface area contributed by atoms with Gasteiger partial charge in [-0.1, -0.05) is 24.4 Å². The van der Waals surface area contributed by atoms with Gasteiger partial charge >= 0.3 is 12.1 Å². The monoisotopic (exact) mass is 638 g/mol. The summed E-state index contributed by atoms with van der Waals surface area (Å²) >= 11 is 6.13. The fraction of sp³-hybridized carbons (Fsp3) is 0.394. The molecule has 0 radical (unpaired) electrons. The molecule has 236 valence electrons. The van der Waals surface area contributed by atoms with Gasteiger partial charge in [-0.05, 0) is 80.6 Å². The third-order valence-corrected chi connectivity index (χ3v) is 9.00. The molecular weight excluding hydrogens is 606 g/mol. The summed E-state index contributed by atoms with van der Waals surface area (Å²) in [5, 5.41) is 5.69. The van der Waals surface area contributed by atoms with Crippen LogP contribution < -0.4 is 10.6 Å². The number of esters is 1. The molecular formula is C33H33ClF2N4O5. The van der Waals surface area contributed by atoms with Crippen LogP contribution in [0.4, 0.5) is 25.0 Å². The number of amides is 2. The van der Waals surface area contributed by atoms with E-state index in [0.717, 1.165) is 0 Å². The highest BCUT2D eigenvalue weighted by molar-refractivity contribution is 6.31. The molecule has 12 heteroatoms. The molecule has 6 rings (SSSR count). The van der Waals surface area contributed by atoms with Crippen LogP contribution >= 0.6 is 11.6 Å². The lowest BCUT2D eigenvalue weighted by molar-refractivity contribution is -0.144. The van der Waals surface area contributed by atoms with Crippen molar-refractivity contribution in [3.8, 4) is 11.1 Å². The molecule has 2 amide bonds. The molecule has 45 heavy (non-hydrogen) atoms. The van der Waals surface area contributed by atoms with Crippen molar-refractivity contribution in [1.29, 1.82) is 0 Å². The number of likely N-dealkylation sites (tertiary alicyclic amines) is 1. The third-order valence-electron chi connectivity index (χ3n) is 8.71. The van der Waals surface area contributed by atoms with E-state index in [1.165, 1.54) is 24.3 Å². The molecule has 4 heterocycles. The Morgan fingerprint density at radius 1 is 1.11 bits per heavy atom. The highest BCUT2D eigenvalue weighted by atomic mass is 35.5. The SMILES string of the molecule is CCOC(=O)C1CCCCC(C(=O)N2CCC[C@@]3(C2)OC(=O)Nc2ccc(Cl)c(F)c23)c2cc(ccn2)-c2cc(F)ccc2N1. The number of hydrogen-bond donors (Lipinski definition) is 2. The number of benzene rings is 2. The Kier molecular flexibility index (Phi) is 8.63. The van der Waals surface area contributed by atoms with Crippen LogP contribution in [0.3, 0.4) is 0 Å². The first-order valence-corrected chi connectivity index (χ1v) is 15.5. The molecule has 3 aromatic rings. The molecule has 2 unspecified atom stereocenters. The van der Waals surface area contributed by atoms with Crippen LogP contribution in [0.15, 0.2) is 48.7 Å². The number of carbonyl (C=O) groups is 3. The highest BCUT2D eigenvalue weighted by Gasteiger charge is 2.49. The van der Waals surface area contributed by atoms with E-state index in [-0.39, 0.29) is 35.3 Å². The number of hydrogen-bond acceptors (Lipinski definition) is 7. The summed E-state index contributed by atoms with van der Waals surface area (Å²) in [4.78, 5) is 46.0. The Morgan fingerprint density at radius 3 is 2.73 bits per heavy atom. The van der Waals surface area contributed by atoms with Crippen LogP contribution in [0.2, 0.25) is 5.02 Å². The molecule has 9 nitrogen and oxygen atoms in total. The quantitative estimate of drug-likeness (QED) is 0.305. The van der Waals surface area contributed by atoms with Crippen molar-refractivity contribution in [3.63, 3.8) is 0 Å². The van der Waals surface area contributed by atoms with Crippen molar-refractivity contribution in [2.75, 3.05) is 30.3 Å². The average Bonchev–Trinajstić information content (AvgIpc) is 3.02. The predicted molar refractivity (Wildman–Crippen MR) is 164 cm³/mol. The molecule has 0 aliphatic carbocycles. The second-order valence-electron chi connectivity index (χ2n) is 11.6. The zero-order valence-electron chi connectivity index (χ0n) is 24.7. The lowest BCUT2D eigenvalue weighted by atomic mass is 9.82. The molecule has 2 aromatic carbocycles. The number of aromatic nitrogens is 1. The molecule has 2 N–H and O–H groups in total. The highest BCUT2D eigenvalue weighted by Crippen LogP contribution is 2.46. The van der Waals surface area contributed by atoms with E-state index < -0.39 is 41.3 Å². The van der Waals surface area contributed by atoms with Gasteiger partial charge in [0.2, 0.25) is 5.91 Å². The Hall–Kier alpha value is -4.25. The Labute approximate surface area is 264 Å². The van der Waals surface area contributed by atoms with Crippen LogP contribution in [-0.4, -0.2) is 53.6 Å². The van der Waals surface area contributed by atoms with Crippen molar-refractivity contribution in [3.05, 3.63) is 76.6 Å². The van der Waals surface area contributed by atoms with E-state index in [2.05, 4.69) is 15.6 Å². The van der Waals surface area contributed by atoms with E-state index in [0.29, 0.717) is 67.6 Å². The molecule has 3 aliphatic heterocycles. The number of ether oxygens (including phenoxy) is 2. The second-order valence-corrected chi connectivity index (χ2v) is 12.0. The first-order valence-electron chi connectivity index (χ1n) is 15.2. The van der Waals surface area contributed by atoms with Gasteiger partial charge < -0.3 is 19.7 Å².